The van der Waals surface area contributed by atoms with Crippen LogP contribution in [-0.2, 0) is 12.8 Å². The van der Waals surface area contributed by atoms with Crippen molar-refractivity contribution in [3.63, 3.8) is 0 Å². The zero-order chi connectivity index (χ0) is 23.9. The fraction of sp³-hybridized carbons (Fsp3) is 0.533. The lowest BCUT2D eigenvalue weighted by Gasteiger charge is -2.05. The minimum atomic E-state index is 1.21. The molecule has 184 valence electrons. The molecular formula is C30H38Br2S2. The summed E-state index contributed by atoms with van der Waals surface area (Å²) < 4.78 is 5.31. The smallest absolute Gasteiger partial charge is 0.0494 e. The fourth-order valence-electron chi connectivity index (χ4n) is 5.03. The molecule has 0 amide bonds. The van der Waals surface area contributed by atoms with Crippen LogP contribution < -0.4 is 0 Å². The first-order chi connectivity index (χ1) is 16.6. The maximum atomic E-state index is 3.93. The van der Waals surface area contributed by atoms with Gasteiger partial charge in [-0.25, -0.2) is 0 Å². The van der Waals surface area contributed by atoms with Crippen molar-refractivity contribution in [3.8, 4) is 0 Å². The molecule has 4 heteroatoms. The van der Waals surface area contributed by atoms with Crippen molar-refractivity contribution in [1.29, 1.82) is 0 Å². The van der Waals surface area contributed by atoms with Gasteiger partial charge in [-0.3, -0.25) is 0 Å². The van der Waals surface area contributed by atoms with E-state index in [1.54, 1.807) is 0 Å². The topological polar surface area (TPSA) is 0 Å². The maximum absolute atomic E-state index is 3.93. The van der Waals surface area contributed by atoms with E-state index in [4.69, 9.17) is 0 Å². The van der Waals surface area contributed by atoms with Crippen LogP contribution in [-0.4, -0.2) is 0 Å². The monoisotopic (exact) mass is 620 g/mol. The molecule has 0 aliphatic carbocycles. The van der Waals surface area contributed by atoms with Gasteiger partial charge >= 0.3 is 0 Å². The van der Waals surface area contributed by atoms with Gasteiger partial charge in [-0.2, -0.15) is 0 Å². The molecule has 0 fully saturated rings. The number of rotatable bonds is 14. The van der Waals surface area contributed by atoms with Gasteiger partial charge in [0, 0.05) is 38.9 Å². The van der Waals surface area contributed by atoms with E-state index in [0.29, 0.717) is 0 Å². The summed E-state index contributed by atoms with van der Waals surface area (Å²) in [5.74, 6) is 0. The number of aryl methyl sites for hydroxylation is 2. The second kappa shape index (κ2) is 13.2. The zero-order valence-electron chi connectivity index (χ0n) is 20.8. The minimum absolute atomic E-state index is 1.21. The van der Waals surface area contributed by atoms with Crippen LogP contribution in [0.4, 0.5) is 0 Å². The first-order valence-electron chi connectivity index (χ1n) is 13.4. The van der Waals surface area contributed by atoms with E-state index in [-0.39, 0.29) is 0 Å². The highest BCUT2D eigenvalue weighted by Crippen LogP contribution is 2.44. The Balaban J connectivity index is 1.54. The summed E-state index contributed by atoms with van der Waals surface area (Å²) in [5.41, 5.74) is 0. The normalized spacial score (nSPS) is 12.0. The van der Waals surface area contributed by atoms with Crippen LogP contribution in [0.25, 0.3) is 30.9 Å². The molecule has 2 aromatic heterocycles. The van der Waals surface area contributed by atoms with Crippen molar-refractivity contribution >= 4 is 85.5 Å². The highest BCUT2D eigenvalue weighted by Gasteiger charge is 2.15. The Hall–Kier alpha value is -0.420. The number of unbranched alkanes of at least 4 members (excludes halogenated alkanes) is 10. The van der Waals surface area contributed by atoms with Crippen LogP contribution in [0.1, 0.15) is 101 Å². The van der Waals surface area contributed by atoms with Crippen LogP contribution in [0.15, 0.2) is 33.2 Å². The maximum Gasteiger partial charge on any atom is 0.0494 e. The third kappa shape index (κ3) is 6.47. The first kappa shape index (κ1) is 26.6. The Bertz CT molecular complexity index is 1120. The van der Waals surface area contributed by atoms with Gasteiger partial charge in [0.2, 0.25) is 0 Å². The Morgan fingerprint density at radius 3 is 1.29 bits per heavy atom. The molecule has 4 aromatic rings. The molecule has 0 nitrogen and oxygen atoms in total. The summed E-state index contributed by atoms with van der Waals surface area (Å²) in [6.07, 6.45) is 18.7. The lowest BCUT2D eigenvalue weighted by Crippen LogP contribution is -1.82. The SMILES string of the molecule is CCCCCCCCc1cc2c(s1)c(Br)cc1c3cc(CCCCCCCC)sc3c(Br)cc21. The number of benzene rings is 2. The third-order valence-electron chi connectivity index (χ3n) is 6.97. The number of hydrogen-bond donors (Lipinski definition) is 0. The molecule has 2 aromatic carbocycles. The van der Waals surface area contributed by atoms with Crippen LogP contribution >= 0.6 is 54.5 Å². The molecule has 2 heterocycles. The number of fused-ring (bicyclic) bond motifs is 5. The van der Waals surface area contributed by atoms with Crippen molar-refractivity contribution in [2.24, 2.45) is 0 Å². The summed E-state index contributed by atoms with van der Waals surface area (Å²) >= 11 is 11.8. The summed E-state index contributed by atoms with van der Waals surface area (Å²) in [6.45, 7) is 4.58. The van der Waals surface area contributed by atoms with E-state index in [2.05, 4.69) is 70.0 Å². The molecule has 0 unspecified atom stereocenters. The second-order valence-corrected chi connectivity index (χ2v) is 13.7. The van der Waals surface area contributed by atoms with Crippen molar-refractivity contribution in [1.82, 2.24) is 0 Å². The number of thiophene rings is 2. The molecule has 4 rings (SSSR count). The Morgan fingerprint density at radius 2 is 0.882 bits per heavy atom. The van der Waals surface area contributed by atoms with Gasteiger partial charge in [0.15, 0.2) is 0 Å². The van der Waals surface area contributed by atoms with Gasteiger partial charge in [-0.1, -0.05) is 78.1 Å². The highest BCUT2D eigenvalue weighted by molar-refractivity contribution is 9.11. The molecule has 34 heavy (non-hydrogen) atoms. The van der Waals surface area contributed by atoms with Crippen LogP contribution in [0, 0.1) is 0 Å². The van der Waals surface area contributed by atoms with Gasteiger partial charge in [0.05, 0.1) is 0 Å². The quantitative estimate of drug-likeness (QED) is 0.123. The molecule has 0 N–H and O–H groups in total. The Kier molecular flexibility index (Phi) is 10.4. The molecule has 0 saturated carbocycles. The highest BCUT2D eigenvalue weighted by atomic mass is 79.9. The Morgan fingerprint density at radius 1 is 0.500 bits per heavy atom. The van der Waals surface area contributed by atoms with Crippen molar-refractivity contribution < 1.29 is 0 Å². The van der Waals surface area contributed by atoms with Crippen molar-refractivity contribution in [2.75, 3.05) is 0 Å². The average molecular weight is 623 g/mol. The first-order valence-corrected chi connectivity index (χ1v) is 16.6. The van der Waals surface area contributed by atoms with E-state index in [1.807, 2.05) is 22.7 Å². The van der Waals surface area contributed by atoms with Gasteiger partial charge in [-0.15, -0.1) is 22.7 Å². The lowest BCUT2D eigenvalue weighted by molar-refractivity contribution is 0.609. The van der Waals surface area contributed by atoms with E-state index in [0.717, 1.165) is 0 Å². The van der Waals surface area contributed by atoms with Crippen LogP contribution in [0.3, 0.4) is 0 Å². The Labute approximate surface area is 230 Å². The van der Waals surface area contributed by atoms with Gasteiger partial charge in [-0.05, 0) is 92.6 Å². The minimum Gasteiger partial charge on any atom is -0.139 e. The number of hydrogen-bond acceptors (Lipinski definition) is 2. The van der Waals surface area contributed by atoms with Gasteiger partial charge in [0.25, 0.3) is 0 Å². The van der Waals surface area contributed by atoms with E-state index < -0.39 is 0 Å². The molecule has 0 aliphatic heterocycles. The summed E-state index contributed by atoms with van der Waals surface area (Å²) in [5, 5.41) is 5.63. The van der Waals surface area contributed by atoms with E-state index >= 15 is 0 Å². The molecule has 0 saturated heterocycles. The van der Waals surface area contributed by atoms with Gasteiger partial charge < -0.3 is 0 Å². The van der Waals surface area contributed by atoms with E-state index in [9.17, 15) is 0 Å². The summed E-state index contributed by atoms with van der Waals surface area (Å²) in [4.78, 5) is 3.06. The van der Waals surface area contributed by atoms with Crippen LogP contribution in [0.5, 0.6) is 0 Å². The third-order valence-corrected chi connectivity index (χ3v) is 11.2. The predicted molar refractivity (Wildman–Crippen MR) is 164 cm³/mol. The molecular weight excluding hydrogens is 584 g/mol. The van der Waals surface area contributed by atoms with Crippen molar-refractivity contribution in [2.45, 2.75) is 104 Å². The standard InChI is InChI=1S/C30H38Br2S2/c1-3-5-7-9-11-13-15-21-17-25-23-19-28(32)30-26(24(23)20-27(31)29(25)33-21)18-22(34-30)16-14-12-10-8-6-4-2/h17-20H,3-16H2,1-2H3. The molecule has 0 radical (unpaired) electrons. The van der Waals surface area contributed by atoms with Crippen LogP contribution in [0.2, 0.25) is 0 Å². The fourth-order valence-corrected chi connectivity index (χ4v) is 8.64. The van der Waals surface area contributed by atoms with Crippen molar-refractivity contribution in [3.05, 3.63) is 43.0 Å². The molecule has 0 atom stereocenters. The molecule has 0 aliphatic rings. The lowest BCUT2D eigenvalue weighted by atomic mass is 10.0. The molecule has 0 spiro atoms. The summed E-state index contributed by atoms with van der Waals surface area (Å²) in [7, 11) is 0. The molecule has 0 bridgehead atoms. The number of halogens is 2. The zero-order valence-corrected chi connectivity index (χ0v) is 25.6. The van der Waals surface area contributed by atoms with Gasteiger partial charge in [0.1, 0.15) is 0 Å². The largest absolute Gasteiger partial charge is 0.139 e. The second-order valence-electron chi connectivity index (χ2n) is 9.76. The average Bonchev–Trinajstić information content (AvgIpc) is 3.45. The summed E-state index contributed by atoms with van der Waals surface area (Å²) in [6, 6.07) is 9.69. The predicted octanol–water partition coefficient (Wildman–Crippen LogP) is 12.6. The van der Waals surface area contributed by atoms with E-state index in [1.165, 1.54) is 140 Å².